The summed E-state index contributed by atoms with van der Waals surface area (Å²) in [5.74, 6) is -0.358. The molecular formula is C10H9FN2. The average molecular weight is 176 g/mol. The number of rotatable bonds is 2. The van der Waals surface area contributed by atoms with Gasteiger partial charge < -0.3 is 4.57 Å². The molecule has 0 spiro atoms. The Labute approximate surface area is 75.3 Å². The van der Waals surface area contributed by atoms with Crippen LogP contribution in [0.4, 0.5) is 4.39 Å². The summed E-state index contributed by atoms with van der Waals surface area (Å²) in [7, 11) is 0. The van der Waals surface area contributed by atoms with E-state index in [-0.39, 0.29) is 12.4 Å². The molecule has 0 saturated carbocycles. The van der Waals surface area contributed by atoms with Crippen molar-refractivity contribution in [2.75, 3.05) is 0 Å². The van der Waals surface area contributed by atoms with Crippen molar-refractivity contribution in [3.63, 3.8) is 0 Å². The van der Waals surface area contributed by atoms with E-state index in [1.54, 1.807) is 10.9 Å². The average Bonchev–Trinajstić information content (AvgIpc) is 2.48. The van der Waals surface area contributed by atoms with Gasteiger partial charge in [0.05, 0.1) is 23.9 Å². The first kappa shape index (κ1) is 7.98. The topological polar surface area (TPSA) is 17.8 Å². The van der Waals surface area contributed by atoms with Crippen LogP contribution in [-0.4, -0.2) is 9.55 Å². The van der Waals surface area contributed by atoms with E-state index >= 15 is 0 Å². The first-order chi connectivity index (χ1) is 6.27. The predicted octanol–water partition coefficient (Wildman–Crippen LogP) is 2.52. The van der Waals surface area contributed by atoms with Crippen molar-refractivity contribution in [1.29, 1.82) is 0 Å². The van der Waals surface area contributed by atoms with E-state index in [1.165, 1.54) is 0 Å². The molecule has 1 aromatic carbocycles. The Morgan fingerprint density at radius 2 is 2.23 bits per heavy atom. The summed E-state index contributed by atoms with van der Waals surface area (Å²) in [5, 5.41) is 0. The van der Waals surface area contributed by atoms with Crippen molar-refractivity contribution >= 4 is 11.0 Å². The fourth-order valence-electron chi connectivity index (χ4n) is 1.32. The van der Waals surface area contributed by atoms with Crippen LogP contribution in [0.25, 0.3) is 11.0 Å². The molecule has 0 aliphatic rings. The predicted molar refractivity (Wildman–Crippen MR) is 50.0 cm³/mol. The normalized spacial score (nSPS) is 10.5. The maximum absolute atomic E-state index is 12.5. The molecule has 0 saturated heterocycles. The SMILES string of the molecule is C=C(F)Cn1cnc2ccccc21. The zero-order valence-electron chi connectivity index (χ0n) is 7.07. The van der Waals surface area contributed by atoms with Crippen molar-refractivity contribution in [2.45, 2.75) is 6.54 Å². The molecule has 3 heteroatoms. The fourth-order valence-corrected chi connectivity index (χ4v) is 1.32. The molecule has 2 rings (SSSR count). The second-order valence-corrected chi connectivity index (χ2v) is 2.88. The molecule has 1 heterocycles. The minimum Gasteiger partial charge on any atom is -0.324 e. The summed E-state index contributed by atoms with van der Waals surface area (Å²) in [6.45, 7) is 3.40. The van der Waals surface area contributed by atoms with Crippen LogP contribution < -0.4 is 0 Å². The molecule has 13 heavy (non-hydrogen) atoms. The standard InChI is InChI=1S/C10H9FN2/c1-8(11)6-13-7-12-9-4-2-3-5-10(9)13/h2-5,7H,1,6H2. The number of hydrogen-bond donors (Lipinski definition) is 0. The lowest BCUT2D eigenvalue weighted by molar-refractivity contribution is 0.565. The van der Waals surface area contributed by atoms with Gasteiger partial charge in [-0.1, -0.05) is 18.7 Å². The minimum absolute atomic E-state index is 0.181. The Kier molecular flexibility index (Phi) is 1.85. The van der Waals surface area contributed by atoms with E-state index in [0.717, 1.165) is 11.0 Å². The van der Waals surface area contributed by atoms with Gasteiger partial charge in [-0.2, -0.15) is 0 Å². The highest BCUT2D eigenvalue weighted by Crippen LogP contribution is 2.13. The molecule has 0 fully saturated rings. The van der Waals surface area contributed by atoms with E-state index < -0.39 is 0 Å². The number of fused-ring (bicyclic) bond motifs is 1. The van der Waals surface area contributed by atoms with Crippen LogP contribution in [0.3, 0.4) is 0 Å². The molecule has 2 nitrogen and oxygen atoms in total. The van der Waals surface area contributed by atoms with Crippen molar-refractivity contribution in [3.05, 3.63) is 43.0 Å². The third kappa shape index (κ3) is 1.45. The van der Waals surface area contributed by atoms with Crippen LogP contribution in [0.2, 0.25) is 0 Å². The van der Waals surface area contributed by atoms with Gasteiger partial charge >= 0.3 is 0 Å². The molecule has 0 radical (unpaired) electrons. The van der Waals surface area contributed by atoms with Gasteiger partial charge in [-0.25, -0.2) is 9.37 Å². The molecule has 0 N–H and O–H groups in total. The Morgan fingerprint density at radius 3 is 3.00 bits per heavy atom. The van der Waals surface area contributed by atoms with E-state index in [1.807, 2.05) is 24.3 Å². The van der Waals surface area contributed by atoms with Gasteiger partial charge in [0.2, 0.25) is 0 Å². The van der Waals surface area contributed by atoms with Crippen LogP contribution in [0.1, 0.15) is 0 Å². The molecule has 0 amide bonds. The van der Waals surface area contributed by atoms with Crippen molar-refractivity contribution in [1.82, 2.24) is 9.55 Å². The number of aromatic nitrogens is 2. The lowest BCUT2D eigenvalue weighted by atomic mass is 10.3. The lowest BCUT2D eigenvalue weighted by Gasteiger charge is -1.99. The zero-order chi connectivity index (χ0) is 9.26. The van der Waals surface area contributed by atoms with Gasteiger partial charge in [-0.3, -0.25) is 0 Å². The smallest absolute Gasteiger partial charge is 0.113 e. The molecule has 0 aliphatic heterocycles. The largest absolute Gasteiger partial charge is 0.324 e. The Hall–Kier alpha value is -1.64. The lowest BCUT2D eigenvalue weighted by Crippen LogP contribution is -1.94. The van der Waals surface area contributed by atoms with Crippen LogP contribution in [-0.2, 0) is 6.54 Å². The van der Waals surface area contributed by atoms with Crippen molar-refractivity contribution in [3.8, 4) is 0 Å². The highest BCUT2D eigenvalue weighted by atomic mass is 19.1. The number of benzene rings is 1. The summed E-state index contributed by atoms with van der Waals surface area (Å²) in [4.78, 5) is 4.13. The molecular weight excluding hydrogens is 167 g/mol. The fraction of sp³-hybridized carbons (Fsp3) is 0.100. The first-order valence-electron chi connectivity index (χ1n) is 4.00. The number of halogens is 1. The van der Waals surface area contributed by atoms with Gasteiger partial charge in [-0.05, 0) is 12.1 Å². The van der Waals surface area contributed by atoms with Crippen LogP contribution in [0.15, 0.2) is 43.0 Å². The van der Waals surface area contributed by atoms with E-state index in [2.05, 4.69) is 11.6 Å². The van der Waals surface area contributed by atoms with E-state index in [0.29, 0.717) is 0 Å². The van der Waals surface area contributed by atoms with E-state index in [9.17, 15) is 4.39 Å². The van der Waals surface area contributed by atoms with Crippen molar-refractivity contribution in [2.24, 2.45) is 0 Å². The second-order valence-electron chi connectivity index (χ2n) is 2.88. The monoisotopic (exact) mass is 176 g/mol. The van der Waals surface area contributed by atoms with Gasteiger partial charge in [-0.15, -0.1) is 0 Å². The number of hydrogen-bond acceptors (Lipinski definition) is 1. The molecule has 0 aliphatic carbocycles. The second kappa shape index (κ2) is 3.01. The highest BCUT2D eigenvalue weighted by Gasteiger charge is 2.01. The highest BCUT2D eigenvalue weighted by molar-refractivity contribution is 5.74. The van der Waals surface area contributed by atoms with Gasteiger partial charge in [0.1, 0.15) is 5.83 Å². The third-order valence-corrected chi connectivity index (χ3v) is 1.87. The molecule has 0 unspecified atom stereocenters. The summed E-state index contributed by atoms with van der Waals surface area (Å²) in [5.41, 5.74) is 1.81. The molecule has 1 aromatic heterocycles. The third-order valence-electron chi connectivity index (χ3n) is 1.87. The molecule has 2 aromatic rings. The maximum atomic E-state index is 12.5. The zero-order valence-corrected chi connectivity index (χ0v) is 7.07. The Morgan fingerprint density at radius 1 is 1.46 bits per heavy atom. The molecule has 66 valence electrons. The summed E-state index contributed by atoms with van der Waals surface area (Å²) in [6.07, 6.45) is 1.62. The van der Waals surface area contributed by atoms with Crippen molar-refractivity contribution < 1.29 is 4.39 Å². The maximum Gasteiger partial charge on any atom is 0.113 e. The van der Waals surface area contributed by atoms with Crippen LogP contribution in [0.5, 0.6) is 0 Å². The van der Waals surface area contributed by atoms with E-state index in [4.69, 9.17) is 0 Å². The van der Waals surface area contributed by atoms with Gasteiger partial charge in [0.15, 0.2) is 0 Å². The van der Waals surface area contributed by atoms with Crippen LogP contribution in [0, 0.1) is 0 Å². The number of nitrogens with zero attached hydrogens (tertiary/aromatic N) is 2. The van der Waals surface area contributed by atoms with Gasteiger partial charge in [0.25, 0.3) is 0 Å². The molecule has 0 atom stereocenters. The number of allylic oxidation sites excluding steroid dienone is 1. The summed E-state index contributed by atoms with van der Waals surface area (Å²) < 4.78 is 14.3. The quantitative estimate of drug-likeness (QED) is 0.687. The Balaban J connectivity index is 2.51. The Bertz CT molecular complexity index is 445. The minimum atomic E-state index is -0.358. The van der Waals surface area contributed by atoms with Crippen LogP contribution >= 0.6 is 0 Å². The number of imidazole rings is 1. The number of para-hydroxylation sites is 2. The first-order valence-corrected chi connectivity index (χ1v) is 4.00. The summed E-state index contributed by atoms with van der Waals surface area (Å²) >= 11 is 0. The van der Waals surface area contributed by atoms with Gasteiger partial charge in [0, 0.05) is 0 Å². The molecule has 0 bridgehead atoms. The summed E-state index contributed by atoms with van der Waals surface area (Å²) in [6, 6.07) is 7.61.